The van der Waals surface area contributed by atoms with E-state index in [4.69, 9.17) is 10.2 Å². The Hall–Kier alpha value is -1.10. The Morgan fingerprint density at radius 2 is 1.18 bits per heavy atom. The van der Waals surface area contributed by atoms with Crippen LogP contribution in [0.3, 0.4) is 0 Å². The number of aliphatic carboxylic acids is 2. The van der Waals surface area contributed by atoms with Crippen LogP contribution in [0.4, 0.5) is 0 Å². The van der Waals surface area contributed by atoms with Crippen LogP contribution >= 0.6 is 0 Å². The third-order valence-electron chi connectivity index (χ3n) is 3.07. The van der Waals surface area contributed by atoms with Gasteiger partial charge in [0.15, 0.2) is 0 Å². The molecule has 0 amide bonds. The minimum absolute atomic E-state index is 0. The molecule has 5 heteroatoms. The molecule has 2 unspecified atom stereocenters. The molecule has 0 aliphatic carbocycles. The predicted molar refractivity (Wildman–Crippen MR) is 66.3 cm³/mol. The maximum absolute atomic E-state index is 10.3. The van der Waals surface area contributed by atoms with E-state index in [-0.39, 0.29) is 19.0 Å². The van der Waals surface area contributed by atoms with Crippen molar-refractivity contribution in [2.75, 3.05) is 0 Å². The lowest BCUT2D eigenvalue weighted by Crippen LogP contribution is -2.09. The summed E-state index contributed by atoms with van der Waals surface area (Å²) in [6, 6.07) is 0. The Morgan fingerprint density at radius 3 is 1.41 bits per heavy atom. The normalized spacial score (nSPS) is 13.5. The van der Waals surface area contributed by atoms with E-state index in [2.05, 4.69) is 13.8 Å². The lowest BCUT2D eigenvalue weighted by Gasteiger charge is -2.19. The van der Waals surface area contributed by atoms with Gasteiger partial charge in [-0.2, -0.15) is 0 Å². The molecule has 17 heavy (non-hydrogen) atoms. The monoisotopic (exact) mass is 247 g/mol. The highest BCUT2D eigenvalue weighted by Crippen LogP contribution is 2.22. The third-order valence-corrected chi connectivity index (χ3v) is 3.07. The fourth-order valence-electron chi connectivity index (χ4n) is 1.72. The summed E-state index contributed by atoms with van der Waals surface area (Å²) >= 11 is 0. The zero-order valence-electron chi connectivity index (χ0n) is 10.8. The molecule has 5 nitrogen and oxygen atoms in total. The van der Waals surface area contributed by atoms with Gasteiger partial charge in [0.2, 0.25) is 0 Å². The largest absolute Gasteiger partial charge is 0.481 e. The molecular weight excluding hydrogens is 222 g/mol. The number of hydrogen-bond donors (Lipinski definition) is 3. The molecule has 0 aromatic heterocycles. The molecule has 5 N–H and O–H groups in total. The van der Waals surface area contributed by atoms with Gasteiger partial charge >= 0.3 is 11.9 Å². The fourth-order valence-corrected chi connectivity index (χ4v) is 1.72. The molecular formula is C12H25NO4. The zero-order chi connectivity index (χ0) is 12.6. The first kappa shape index (κ1) is 18.3. The number of carboxylic acids is 2. The Morgan fingerprint density at radius 1 is 0.882 bits per heavy atom. The second-order valence-electron chi connectivity index (χ2n) is 4.53. The van der Waals surface area contributed by atoms with Gasteiger partial charge < -0.3 is 16.4 Å². The lowest BCUT2D eigenvalue weighted by molar-refractivity contribution is -0.138. The topological polar surface area (TPSA) is 110 Å². The molecule has 0 aliphatic heterocycles. The smallest absolute Gasteiger partial charge is 0.303 e. The van der Waals surface area contributed by atoms with Gasteiger partial charge in [-0.1, -0.05) is 13.8 Å². The Kier molecular flexibility index (Phi) is 10.8. The van der Waals surface area contributed by atoms with Crippen LogP contribution < -0.4 is 6.15 Å². The first-order valence-electron chi connectivity index (χ1n) is 5.87. The minimum Gasteiger partial charge on any atom is -0.481 e. The highest BCUT2D eigenvalue weighted by Gasteiger charge is 2.13. The van der Waals surface area contributed by atoms with Gasteiger partial charge in [-0.25, -0.2) is 0 Å². The predicted octanol–water partition coefficient (Wildman–Crippen LogP) is 2.93. The van der Waals surface area contributed by atoms with Gasteiger partial charge in [-0.05, 0) is 37.5 Å². The zero-order valence-corrected chi connectivity index (χ0v) is 10.8. The van der Waals surface area contributed by atoms with Crippen LogP contribution in [0.5, 0.6) is 0 Å². The molecule has 0 fully saturated rings. The van der Waals surface area contributed by atoms with Crippen LogP contribution in [-0.2, 0) is 9.59 Å². The standard InChI is InChI=1S/C12H22O4.H3N/c1-9(5-3-7-11(13)14)10(2)6-4-8-12(15)16;/h9-10H,3-8H2,1-2H3,(H,13,14)(H,15,16);1H3. The Labute approximate surface area is 103 Å². The molecule has 0 saturated carbocycles. The molecule has 0 radical (unpaired) electrons. The summed E-state index contributed by atoms with van der Waals surface area (Å²) in [6.07, 6.45) is 3.68. The van der Waals surface area contributed by atoms with E-state index in [0.29, 0.717) is 24.7 Å². The van der Waals surface area contributed by atoms with E-state index in [1.54, 1.807) is 0 Å². The van der Waals surface area contributed by atoms with Crippen molar-refractivity contribution in [2.45, 2.75) is 52.4 Å². The van der Waals surface area contributed by atoms with Crippen molar-refractivity contribution in [3.63, 3.8) is 0 Å². The summed E-state index contributed by atoms with van der Waals surface area (Å²) < 4.78 is 0. The maximum Gasteiger partial charge on any atom is 0.303 e. The molecule has 102 valence electrons. The highest BCUT2D eigenvalue weighted by molar-refractivity contribution is 5.66. The second-order valence-corrected chi connectivity index (χ2v) is 4.53. The minimum atomic E-state index is -0.745. The molecule has 0 spiro atoms. The van der Waals surface area contributed by atoms with E-state index in [1.165, 1.54) is 0 Å². The van der Waals surface area contributed by atoms with Crippen LogP contribution in [0.2, 0.25) is 0 Å². The molecule has 0 aromatic carbocycles. The fraction of sp³-hybridized carbons (Fsp3) is 0.833. The van der Waals surface area contributed by atoms with Crippen molar-refractivity contribution in [2.24, 2.45) is 11.8 Å². The number of rotatable bonds is 9. The van der Waals surface area contributed by atoms with Crippen LogP contribution in [0, 0.1) is 11.8 Å². The van der Waals surface area contributed by atoms with E-state index < -0.39 is 11.9 Å². The first-order chi connectivity index (χ1) is 7.43. The summed E-state index contributed by atoms with van der Waals surface area (Å²) in [5, 5.41) is 17.0. The van der Waals surface area contributed by atoms with Crippen molar-refractivity contribution in [1.82, 2.24) is 6.15 Å². The van der Waals surface area contributed by atoms with E-state index in [0.717, 1.165) is 12.8 Å². The van der Waals surface area contributed by atoms with Crippen molar-refractivity contribution in [1.29, 1.82) is 0 Å². The molecule has 0 aromatic rings. The van der Waals surface area contributed by atoms with Gasteiger partial charge in [0.05, 0.1) is 0 Å². The van der Waals surface area contributed by atoms with E-state index in [1.807, 2.05) is 0 Å². The average Bonchev–Trinajstić information content (AvgIpc) is 2.16. The van der Waals surface area contributed by atoms with Crippen molar-refractivity contribution >= 4 is 11.9 Å². The summed E-state index contributed by atoms with van der Waals surface area (Å²) in [7, 11) is 0. The van der Waals surface area contributed by atoms with Gasteiger partial charge in [-0.15, -0.1) is 0 Å². The summed E-state index contributed by atoms with van der Waals surface area (Å²) in [6.45, 7) is 4.21. The van der Waals surface area contributed by atoms with Gasteiger partial charge in [0, 0.05) is 12.8 Å². The van der Waals surface area contributed by atoms with Gasteiger partial charge in [0.1, 0.15) is 0 Å². The van der Waals surface area contributed by atoms with Gasteiger partial charge in [0.25, 0.3) is 0 Å². The summed E-state index contributed by atoms with van der Waals surface area (Å²) in [5.74, 6) is -0.558. The van der Waals surface area contributed by atoms with Crippen LogP contribution in [0.25, 0.3) is 0 Å². The second kappa shape index (κ2) is 10.1. The van der Waals surface area contributed by atoms with Gasteiger partial charge in [-0.3, -0.25) is 9.59 Å². The maximum atomic E-state index is 10.3. The molecule has 0 heterocycles. The van der Waals surface area contributed by atoms with Crippen molar-refractivity contribution in [3.8, 4) is 0 Å². The molecule has 2 atom stereocenters. The molecule has 0 aliphatic rings. The number of carboxylic acid groups (broad SMARTS) is 2. The SMILES string of the molecule is CC(CCCC(=O)O)C(C)CCCC(=O)O.N. The van der Waals surface area contributed by atoms with Crippen molar-refractivity contribution in [3.05, 3.63) is 0 Å². The Balaban J connectivity index is 0. The quantitative estimate of drug-likeness (QED) is 0.580. The summed E-state index contributed by atoms with van der Waals surface area (Å²) in [4.78, 5) is 20.7. The van der Waals surface area contributed by atoms with Crippen LogP contribution in [-0.4, -0.2) is 22.2 Å². The summed E-state index contributed by atoms with van der Waals surface area (Å²) in [5.41, 5.74) is 0. The van der Waals surface area contributed by atoms with Crippen LogP contribution in [0.1, 0.15) is 52.4 Å². The first-order valence-corrected chi connectivity index (χ1v) is 5.87. The molecule has 0 saturated heterocycles. The third kappa shape index (κ3) is 11.2. The van der Waals surface area contributed by atoms with Crippen molar-refractivity contribution < 1.29 is 19.8 Å². The molecule has 0 bridgehead atoms. The lowest BCUT2D eigenvalue weighted by atomic mass is 9.87. The van der Waals surface area contributed by atoms with E-state index >= 15 is 0 Å². The average molecular weight is 247 g/mol. The number of carbonyl (C=O) groups is 2. The number of hydrogen-bond acceptors (Lipinski definition) is 3. The van der Waals surface area contributed by atoms with E-state index in [9.17, 15) is 9.59 Å². The van der Waals surface area contributed by atoms with Crippen LogP contribution in [0.15, 0.2) is 0 Å². The highest BCUT2D eigenvalue weighted by atomic mass is 16.4. The Bertz CT molecular complexity index is 207. The molecule has 0 rings (SSSR count).